The maximum Gasteiger partial charge on any atom is 0.126 e. The van der Waals surface area contributed by atoms with Gasteiger partial charge in [-0.2, -0.15) is 5.10 Å². The van der Waals surface area contributed by atoms with Gasteiger partial charge in [0.15, 0.2) is 0 Å². The lowest BCUT2D eigenvalue weighted by Gasteiger charge is -2.11. The van der Waals surface area contributed by atoms with Crippen LogP contribution < -0.4 is 5.32 Å². The maximum absolute atomic E-state index is 5.98. The van der Waals surface area contributed by atoms with Crippen molar-refractivity contribution in [2.75, 3.05) is 11.9 Å². The van der Waals surface area contributed by atoms with Crippen LogP contribution in [0.4, 0.5) is 5.82 Å². The van der Waals surface area contributed by atoms with E-state index in [1.807, 2.05) is 42.7 Å². The van der Waals surface area contributed by atoms with Crippen molar-refractivity contribution in [3.63, 3.8) is 0 Å². The normalized spacial score (nSPS) is 12.1. The molecule has 1 aromatic carbocycles. The number of nitrogens with zero attached hydrogens (tertiary/aromatic N) is 2. The topological polar surface area (TPSA) is 53.6 Å². The van der Waals surface area contributed by atoms with Gasteiger partial charge in [0.1, 0.15) is 5.82 Å². The lowest BCUT2D eigenvalue weighted by Crippen LogP contribution is -2.11. The molecule has 5 heteroatoms. The summed E-state index contributed by atoms with van der Waals surface area (Å²) in [5.41, 5.74) is 4.06. The van der Waals surface area contributed by atoms with Crippen LogP contribution in [0.2, 0.25) is 5.02 Å². The first-order valence-corrected chi connectivity index (χ1v) is 8.55. The van der Waals surface area contributed by atoms with Crippen LogP contribution in [0.3, 0.4) is 0 Å². The molecule has 24 heavy (non-hydrogen) atoms. The van der Waals surface area contributed by atoms with Crippen LogP contribution >= 0.6 is 11.6 Å². The van der Waals surface area contributed by atoms with E-state index in [-0.39, 0.29) is 0 Å². The number of hydrogen-bond acceptors (Lipinski definition) is 3. The minimum atomic E-state index is 0.619. The van der Waals surface area contributed by atoms with Gasteiger partial charge in [-0.3, -0.25) is 5.10 Å². The number of aromatic amines is 1. The fourth-order valence-corrected chi connectivity index (χ4v) is 2.58. The van der Waals surface area contributed by atoms with Crippen LogP contribution in [0.5, 0.6) is 0 Å². The summed E-state index contributed by atoms with van der Waals surface area (Å²) in [6.45, 7) is 5.34. The molecule has 0 spiro atoms. The van der Waals surface area contributed by atoms with Crippen molar-refractivity contribution in [1.82, 2.24) is 15.2 Å². The first-order valence-electron chi connectivity index (χ1n) is 8.17. The summed E-state index contributed by atoms with van der Waals surface area (Å²) in [7, 11) is 0. The number of anilines is 1. The third-order valence-corrected chi connectivity index (χ3v) is 4.41. The van der Waals surface area contributed by atoms with E-state index in [2.05, 4.69) is 40.4 Å². The van der Waals surface area contributed by atoms with Crippen LogP contribution in [-0.2, 0) is 0 Å². The zero-order valence-corrected chi connectivity index (χ0v) is 14.6. The van der Waals surface area contributed by atoms with E-state index in [0.717, 1.165) is 46.2 Å². The molecule has 0 saturated heterocycles. The van der Waals surface area contributed by atoms with Gasteiger partial charge in [-0.15, -0.1) is 0 Å². The molecule has 0 aliphatic heterocycles. The number of hydrogen-bond donors (Lipinski definition) is 2. The zero-order chi connectivity index (χ0) is 16.9. The van der Waals surface area contributed by atoms with Crippen molar-refractivity contribution < 1.29 is 0 Å². The molecule has 1 atom stereocenters. The van der Waals surface area contributed by atoms with Crippen LogP contribution in [0, 0.1) is 5.92 Å². The van der Waals surface area contributed by atoms with E-state index in [1.165, 1.54) is 0 Å². The summed E-state index contributed by atoms with van der Waals surface area (Å²) in [5, 5.41) is 11.5. The summed E-state index contributed by atoms with van der Waals surface area (Å²) in [4.78, 5) is 4.41. The second kappa shape index (κ2) is 7.49. The Kier molecular flexibility index (Phi) is 5.16. The predicted octanol–water partition coefficient (Wildman–Crippen LogP) is 5.25. The third kappa shape index (κ3) is 3.77. The maximum atomic E-state index is 5.98. The molecule has 3 aromatic rings. The standard InChI is InChI=1S/C19H21ClN4/c1-3-13(2)11-22-18-10-15(8-9-21-18)17-12-23-24-19(17)14-4-6-16(20)7-5-14/h4-10,12-13H,3,11H2,1-2H3,(H,21,22)(H,23,24). The van der Waals surface area contributed by atoms with Gasteiger partial charge in [0, 0.05) is 35.1 Å². The SMILES string of the molecule is CCC(C)CNc1cc(-c2c[nH]nc2-c2ccc(Cl)cc2)ccn1. The Labute approximate surface area is 147 Å². The number of nitrogens with one attached hydrogen (secondary N) is 2. The number of rotatable bonds is 6. The molecule has 124 valence electrons. The molecule has 0 amide bonds. The Morgan fingerprint density at radius 2 is 1.96 bits per heavy atom. The molecule has 0 radical (unpaired) electrons. The Bertz CT molecular complexity index is 795. The van der Waals surface area contributed by atoms with Gasteiger partial charge in [0.2, 0.25) is 0 Å². The third-order valence-electron chi connectivity index (χ3n) is 4.16. The van der Waals surface area contributed by atoms with Crippen molar-refractivity contribution in [2.45, 2.75) is 20.3 Å². The van der Waals surface area contributed by atoms with E-state index in [1.54, 1.807) is 0 Å². The highest BCUT2D eigenvalue weighted by Gasteiger charge is 2.11. The molecule has 0 fully saturated rings. The molecule has 2 heterocycles. The first-order chi connectivity index (χ1) is 11.7. The molecule has 0 aliphatic rings. The van der Waals surface area contributed by atoms with Crippen molar-refractivity contribution in [3.8, 4) is 22.4 Å². The Hall–Kier alpha value is -2.33. The molecular formula is C19H21ClN4. The average Bonchev–Trinajstić information content (AvgIpc) is 3.10. The Morgan fingerprint density at radius 3 is 2.71 bits per heavy atom. The lowest BCUT2D eigenvalue weighted by atomic mass is 10.0. The number of pyridine rings is 1. The van der Waals surface area contributed by atoms with Crippen molar-refractivity contribution in [2.24, 2.45) is 5.92 Å². The summed E-state index contributed by atoms with van der Waals surface area (Å²) in [6.07, 6.45) is 4.89. The van der Waals surface area contributed by atoms with Gasteiger partial charge in [-0.25, -0.2) is 4.98 Å². The second-order valence-electron chi connectivity index (χ2n) is 5.98. The van der Waals surface area contributed by atoms with Crippen molar-refractivity contribution in [1.29, 1.82) is 0 Å². The monoisotopic (exact) mass is 340 g/mol. The van der Waals surface area contributed by atoms with Crippen LogP contribution in [-0.4, -0.2) is 21.7 Å². The second-order valence-corrected chi connectivity index (χ2v) is 6.41. The minimum absolute atomic E-state index is 0.619. The number of halogens is 1. The summed E-state index contributed by atoms with van der Waals surface area (Å²) in [6, 6.07) is 11.8. The molecule has 3 rings (SSSR count). The molecular weight excluding hydrogens is 320 g/mol. The summed E-state index contributed by atoms with van der Waals surface area (Å²) >= 11 is 5.98. The minimum Gasteiger partial charge on any atom is -0.370 e. The van der Waals surface area contributed by atoms with E-state index in [0.29, 0.717) is 5.92 Å². The quantitative estimate of drug-likeness (QED) is 0.644. The largest absolute Gasteiger partial charge is 0.370 e. The van der Waals surface area contributed by atoms with Crippen LogP contribution in [0.1, 0.15) is 20.3 Å². The summed E-state index contributed by atoms with van der Waals surface area (Å²) in [5.74, 6) is 1.50. The fourth-order valence-electron chi connectivity index (χ4n) is 2.46. The highest BCUT2D eigenvalue weighted by Crippen LogP contribution is 2.31. The van der Waals surface area contributed by atoms with Gasteiger partial charge in [-0.05, 0) is 35.7 Å². The van der Waals surface area contributed by atoms with E-state index < -0.39 is 0 Å². The molecule has 0 bridgehead atoms. The number of H-pyrrole nitrogens is 1. The predicted molar refractivity (Wildman–Crippen MR) is 100 cm³/mol. The highest BCUT2D eigenvalue weighted by molar-refractivity contribution is 6.30. The average molecular weight is 341 g/mol. The Balaban J connectivity index is 1.87. The molecule has 1 unspecified atom stereocenters. The smallest absolute Gasteiger partial charge is 0.126 e. The highest BCUT2D eigenvalue weighted by atomic mass is 35.5. The zero-order valence-electron chi connectivity index (χ0n) is 13.9. The van der Waals surface area contributed by atoms with E-state index >= 15 is 0 Å². The first kappa shape index (κ1) is 16.5. The van der Waals surface area contributed by atoms with Gasteiger partial charge in [0.05, 0.1) is 5.69 Å². The van der Waals surface area contributed by atoms with Gasteiger partial charge >= 0.3 is 0 Å². The fraction of sp³-hybridized carbons (Fsp3) is 0.263. The molecule has 2 aromatic heterocycles. The molecule has 0 aliphatic carbocycles. The van der Waals surface area contributed by atoms with Gasteiger partial charge in [0.25, 0.3) is 0 Å². The molecule has 2 N–H and O–H groups in total. The number of aromatic nitrogens is 3. The van der Waals surface area contributed by atoms with E-state index in [9.17, 15) is 0 Å². The Morgan fingerprint density at radius 1 is 1.17 bits per heavy atom. The molecule has 0 saturated carbocycles. The van der Waals surface area contributed by atoms with Crippen LogP contribution in [0.15, 0.2) is 48.8 Å². The molecule has 4 nitrogen and oxygen atoms in total. The van der Waals surface area contributed by atoms with Crippen molar-refractivity contribution >= 4 is 17.4 Å². The van der Waals surface area contributed by atoms with Gasteiger partial charge in [-0.1, -0.05) is 44.0 Å². The van der Waals surface area contributed by atoms with Crippen molar-refractivity contribution in [3.05, 3.63) is 53.8 Å². The van der Waals surface area contributed by atoms with Crippen LogP contribution in [0.25, 0.3) is 22.4 Å². The van der Waals surface area contributed by atoms with E-state index in [4.69, 9.17) is 11.6 Å². The lowest BCUT2D eigenvalue weighted by molar-refractivity contribution is 0.592. The summed E-state index contributed by atoms with van der Waals surface area (Å²) < 4.78 is 0. The van der Waals surface area contributed by atoms with Gasteiger partial charge < -0.3 is 5.32 Å². The number of benzene rings is 1.